The summed E-state index contributed by atoms with van der Waals surface area (Å²) in [7, 11) is 0. The van der Waals surface area contributed by atoms with Gasteiger partial charge in [-0.2, -0.15) is 0 Å². The second-order valence-corrected chi connectivity index (χ2v) is 3.99. The zero-order valence-corrected chi connectivity index (χ0v) is 9.77. The zero-order valence-electron chi connectivity index (χ0n) is 9.77. The average Bonchev–Trinajstić information content (AvgIpc) is 2.27. The number of hydrogen-bond acceptors (Lipinski definition) is 4. The van der Waals surface area contributed by atoms with Gasteiger partial charge in [-0.25, -0.2) is 4.79 Å². The lowest BCUT2D eigenvalue weighted by Crippen LogP contribution is -2.06. The van der Waals surface area contributed by atoms with Gasteiger partial charge in [-0.1, -0.05) is 6.92 Å². The molecule has 0 spiro atoms. The number of benzene rings is 1. The van der Waals surface area contributed by atoms with Crippen molar-refractivity contribution in [3.05, 3.63) is 39.7 Å². The predicted octanol–water partition coefficient (Wildman–Crippen LogP) is 1.69. The van der Waals surface area contributed by atoms with E-state index in [4.69, 9.17) is 9.52 Å². The molecular formula is C13H12O5. The molecule has 0 saturated heterocycles. The van der Waals surface area contributed by atoms with Crippen LogP contribution in [0.1, 0.15) is 18.1 Å². The number of carboxylic acid groups (broad SMARTS) is 1. The first-order valence-corrected chi connectivity index (χ1v) is 5.51. The smallest absolute Gasteiger partial charge is 0.336 e. The van der Waals surface area contributed by atoms with Crippen LogP contribution in [0.5, 0.6) is 5.75 Å². The van der Waals surface area contributed by atoms with Gasteiger partial charge in [-0.05, 0) is 23.6 Å². The molecule has 0 amide bonds. The highest BCUT2D eigenvalue weighted by Gasteiger charge is 2.12. The van der Waals surface area contributed by atoms with E-state index in [1.54, 1.807) is 6.07 Å². The summed E-state index contributed by atoms with van der Waals surface area (Å²) in [6.07, 6.45) is 0.351. The Morgan fingerprint density at radius 1 is 1.28 bits per heavy atom. The van der Waals surface area contributed by atoms with Gasteiger partial charge >= 0.3 is 11.6 Å². The Labute approximate surface area is 102 Å². The van der Waals surface area contributed by atoms with Crippen molar-refractivity contribution in [2.75, 3.05) is 0 Å². The lowest BCUT2D eigenvalue weighted by molar-refractivity contribution is -0.136. The first-order valence-electron chi connectivity index (χ1n) is 5.51. The number of aryl methyl sites for hydroxylation is 1. The van der Waals surface area contributed by atoms with Gasteiger partial charge in [0.25, 0.3) is 0 Å². The summed E-state index contributed by atoms with van der Waals surface area (Å²) in [5.41, 5.74) is 0.655. The van der Waals surface area contributed by atoms with Crippen molar-refractivity contribution in [1.29, 1.82) is 0 Å². The van der Waals surface area contributed by atoms with Crippen LogP contribution in [-0.2, 0) is 17.6 Å². The van der Waals surface area contributed by atoms with Crippen molar-refractivity contribution >= 4 is 16.9 Å². The fourth-order valence-corrected chi connectivity index (χ4v) is 1.90. The largest absolute Gasteiger partial charge is 0.508 e. The first-order chi connectivity index (χ1) is 8.51. The summed E-state index contributed by atoms with van der Waals surface area (Å²) in [4.78, 5) is 22.1. The molecular weight excluding hydrogens is 236 g/mol. The summed E-state index contributed by atoms with van der Waals surface area (Å²) in [6, 6.07) is 4.18. The van der Waals surface area contributed by atoms with E-state index in [-0.39, 0.29) is 17.8 Å². The predicted molar refractivity (Wildman–Crippen MR) is 64.9 cm³/mol. The Hall–Kier alpha value is -2.30. The van der Waals surface area contributed by atoms with E-state index in [9.17, 15) is 14.7 Å². The van der Waals surface area contributed by atoms with Crippen LogP contribution in [0.25, 0.3) is 11.0 Å². The maximum absolute atomic E-state index is 11.3. The second-order valence-electron chi connectivity index (χ2n) is 3.99. The molecule has 0 aliphatic carbocycles. The van der Waals surface area contributed by atoms with Crippen LogP contribution in [0.15, 0.2) is 27.4 Å². The Balaban J connectivity index is 2.76. The molecule has 0 aliphatic rings. The molecule has 0 fully saturated rings. The number of hydrogen-bond donors (Lipinski definition) is 2. The van der Waals surface area contributed by atoms with Crippen LogP contribution >= 0.6 is 0 Å². The number of rotatable bonds is 3. The molecule has 94 valence electrons. The second kappa shape index (κ2) is 4.52. The van der Waals surface area contributed by atoms with E-state index in [1.807, 2.05) is 6.92 Å². The van der Waals surface area contributed by atoms with Crippen LogP contribution < -0.4 is 5.63 Å². The molecule has 0 unspecified atom stereocenters. The topological polar surface area (TPSA) is 87.7 Å². The molecule has 0 bridgehead atoms. The maximum atomic E-state index is 11.3. The zero-order chi connectivity index (χ0) is 13.3. The number of phenols is 1. The normalized spacial score (nSPS) is 10.7. The van der Waals surface area contributed by atoms with Crippen molar-refractivity contribution in [2.24, 2.45) is 0 Å². The molecule has 0 radical (unpaired) electrons. The number of carbonyl (C=O) groups is 1. The summed E-state index contributed by atoms with van der Waals surface area (Å²) in [5.74, 6) is -0.978. The molecule has 1 aromatic carbocycles. The van der Waals surface area contributed by atoms with Gasteiger partial charge in [-0.15, -0.1) is 0 Å². The Kier molecular flexibility index (Phi) is 3.06. The SMILES string of the molecule is CCc1cc2c(CC(=O)O)cc(=O)oc2cc1O. The number of aromatic hydroxyl groups is 1. The maximum Gasteiger partial charge on any atom is 0.336 e. The minimum Gasteiger partial charge on any atom is -0.508 e. The molecule has 5 nitrogen and oxygen atoms in total. The van der Waals surface area contributed by atoms with E-state index in [0.717, 1.165) is 0 Å². The molecule has 2 aromatic rings. The van der Waals surface area contributed by atoms with Gasteiger partial charge in [0.15, 0.2) is 0 Å². The first kappa shape index (κ1) is 12.2. The number of carboxylic acids is 1. The molecule has 0 saturated carbocycles. The van der Waals surface area contributed by atoms with Crippen molar-refractivity contribution in [1.82, 2.24) is 0 Å². The molecule has 1 aromatic heterocycles. The average molecular weight is 248 g/mol. The van der Waals surface area contributed by atoms with E-state index in [1.165, 1.54) is 12.1 Å². The van der Waals surface area contributed by atoms with Crippen LogP contribution in [0.2, 0.25) is 0 Å². The highest BCUT2D eigenvalue weighted by atomic mass is 16.4. The van der Waals surface area contributed by atoms with Gasteiger partial charge in [0.2, 0.25) is 0 Å². The van der Waals surface area contributed by atoms with Crippen LogP contribution in [0.4, 0.5) is 0 Å². The molecule has 18 heavy (non-hydrogen) atoms. The number of aliphatic carboxylic acids is 1. The molecule has 0 atom stereocenters. The fourth-order valence-electron chi connectivity index (χ4n) is 1.90. The van der Waals surface area contributed by atoms with E-state index < -0.39 is 11.6 Å². The third-order valence-electron chi connectivity index (χ3n) is 2.75. The van der Waals surface area contributed by atoms with Gasteiger partial charge in [0.1, 0.15) is 11.3 Å². The lowest BCUT2D eigenvalue weighted by atomic mass is 10.0. The minimum absolute atomic E-state index is 0.0422. The number of phenolic OH excluding ortho intramolecular Hbond substituents is 1. The van der Waals surface area contributed by atoms with E-state index >= 15 is 0 Å². The van der Waals surface area contributed by atoms with Crippen molar-refractivity contribution in [2.45, 2.75) is 19.8 Å². The molecule has 2 rings (SSSR count). The number of fused-ring (bicyclic) bond motifs is 1. The Morgan fingerprint density at radius 3 is 2.61 bits per heavy atom. The molecule has 2 N–H and O–H groups in total. The quantitative estimate of drug-likeness (QED) is 0.807. The van der Waals surface area contributed by atoms with Crippen molar-refractivity contribution < 1.29 is 19.4 Å². The molecule has 0 aliphatic heterocycles. The van der Waals surface area contributed by atoms with Crippen LogP contribution in [-0.4, -0.2) is 16.2 Å². The highest BCUT2D eigenvalue weighted by molar-refractivity contribution is 5.86. The monoisotopic (exact) mass is 248 g/mol. The molecule has 5 heteroatoms. The Bertz CT molecular complexity index is 669. The third-order valence-corrected chi connectivity index (χ3v) is 2.75. The summed E-state index contributed by atoms with van der Waals surface area (Å²) >= 11 is 0. The molecule has 1 heterocycles. The van der Waals surface area contributed by atoms with Crippen molar-refractivity contribution in [3.63, 3.8) is 0 Å². The van der Waals surface area contributed by atoms with Crippen molar-refractivity contribution in [3.8, 4) is 5.75 Å². The van der Waals surface area contributed by atoms with Gasteiger partial charge in [0.05, 0.1) is 6.42 Å². The summed E-state index contributed by atoms with van der Waals surface area (Å²) in [6.45, 7) is 1.87. The van der Waals surface area contributed by atoms with Crippen LogP contribution in [0, 0.1) is 0 Å². The van der Waals surface area contributed by atoms with Gasteiger partial charge in [-0.3, -0.25) is 4.79 Å². The van der Waals surface area contributed by atoms with E-state index in [0.29, 0.717) is 22.9 Å². The fraction of sp³-hybridized carbons (Fsp3) is 0.231. The standard InChI is InChI=1S/C13H12O5/c1-2-7-3-9-8(4-12(15)16)5-13(17)18-11(9)6-10(7)14/h3,5-6,14H,2,4H2,1H3,(H,15,16). The summed E-state index contributed by atoms with van der Waals surface area (Å²) in [5, 5.41) is 19.1. The third kappa shape index (κ3) is 2.20. The van der Waals surface area contributed by atoms with Gasteiger partial charge in [0, 0.05) is 17.5 Å². The summed E-state index contributed by atoms with van der Waals surface area (Å²) < 4.78 is 4.96. The van der Waals surface area contributed by atoms with E-state index in [2.05, 4.69) is 0 Å². The minimum atomic E-state index is -1.02. The highest BCUT2D eigenvalue weighted by Crippen LogP contribution is 2.27. The Morgan fingerprint density at radius 2 is 2.00 bits per heavy atom. The van der Waals surface area contributed by atoms with Crippen LogP contribution in [0.3, 0.4) is 0 Å². The lowest BCUT2D eigenvalue weighted by Gasteiger charge is -2.07. The van der Waals surface area contributed by atoms with Gasteiger partial charge < -0.3 is 14.6 Å².